The molecule has 1 amide bonds. The molecule has 0 saturated heterocycles. The van der Waals surface area contributed by atoms with E-state index in [-0.39, 0.29) is 39.7 Å². The fourth-order valence-electron chi connectivity index (χ4n) is 6.94. The number of fused-ring (bicyclic) bond motifs is 2. The fourth-order valence-corrected chi connectivity index (χ4v) is 9.24. The van der Waals surface area contributed by atoms with Crippen molar-refractivity contribution in [3.63, 3.8) is 0 Å². The lowest BCUT2D eigenvalue weighted by atomic mass is 9.98. The molecule has 0 fully saturated rings. The van der Waals surface area contributed by atoms with Gasteiger partial charge < -0.3 is 20.2 Å². The van der Waals surface area contributed by atoms with Crippen LogP contribution >= 0.6 is 0 Å². The van der Waals surface area contributed by atoms with Gasteiger partial charge in [0.15, 0.2) is 19.7 Å². The molecule has 7 aromatic rings. The second kappa shape index (κ2) is 18.7. The maximum Gasteiger partial charge on any atom is 0.274 e. The largest absolute Gasteiger partial charge is 0.399 e. The molecular formula is C48H55N5O5S2. The summed E-state index contributed by atoms with van der Waals surface area (Å²) in [4.78, 5) is 16.5. The number of nitrogens with one attached hydrogen (secondary N) is 1. The maximum atomic E-state index is 12.4. The van der Waals surface area contributed by atoms with Crippen molar-refractivity contribution >= 4 is 58.8 Å². The van der Waals surface area contributed by atoms with Crippen LogP contribution in [0.25, 0.3) is 33.2 Å². The number of pyridine rings is 1. The molecule has 12 heteroatoms. The zero-order valence-electron chi connectivity index (χ0n) is 35.1. The van der Waals surface area contributed by atoms with Crippen molar-refractivity contribution in [1.29, 1.82) is 0 Å². The Morgan fingerprint density at radius 1 is 0.617 bits per heavy atom. The zero-order valence-corrected chi connectivity index (χ0v) is 36.7. The maximum absolute atomic E-state index is 12.4. The Hall–Kier alpha value is -5.72. The van der Waals surface area contributed by atoms with Crippen LogP contribution in [-0.4, -0.2) is 58.9 Å². The second-order valence-corrected chi connectivity index (χ2v) is 21.4. The van der Waals surface area contributed by atoms with E-state index in [0.717, 1.165) is 50.0 Å². The van der Waals surface area contributed by atoms with Gasteiger partial charge >= 0.3 is 0 Å². The molecule has 314 valence electrons. The topological polar surface area (TPSA) is 146 Å². The van der Waals surface area contributed by atoms with E-state index < -0.39 is 19.7 Å². The van der Waals surface area contributed by atoms with Gasteiger partial charge in [-0.3, -0.25) is 9.78 Å². The van der Waals surface area contributed by atoms with Gasteiger partial charge in [0, 0.05) is 52.1 Å². The Bertz CT molecular complexity index is 2780. The molecule has 3 heterocycles. The van der Waals surface area contributed by atoms with Gasteiger partial charge in [-0.2, -0.15) is 0 Å². The molecule has 0 aliphatic carbocycles. The van der Waals surface area contributed by atoms with Gasteiger partial charge in [0.05, 0.1) is 33.0 Å². The standard InChI is InChI=1S/C27H29N3O3S.C21H26N2O2S/c1-19(2)34(32,33)17-14-20(3)21-7-10-24(11-8-21)30-16-13-22-18-23(9-12-26(22)30)29-27(31)25-6-4-5-15-28-25;1-15(2)26(24,25)13-11-16(3)17-4-7-20(8-5-17)23-12-10-18-14-19(22)6-9-21(18)23/h4-13,15-16,18-20H,14,17H2,1-3H3,(H,29,31);4-10,12,14-16H,11,13,22H2,1-3H3/t20-;16-/m00/s1. The van der Waals surface area contributed by atoms with E-state index in [0.29, 0.717) is 24.2 Å². The fraction of sp³-hybridized carbons (Fsp3) is 0.292. The SMILES string of the molecule is CC(C)S(=O)(=O)CC[C@H](C)c1ccc(-n2ccc3cc(N)ccc32)cc1.CC(C)S(=O)(=O)CC[C@H](C)c1ccc(-n2ccc3cc(NC(=O)c4ccccn4)ccc32)cc1. The third-order valence-corrected chi connectivity index (χ3v) is 15.6. The molecule has 2 atom stereocenters. The summed E-state index contributed by atoms with van der Waals surface area (Å²) < 4.78 is 52.5. The molecule has 4 aromatic carbocycles. The molecule has 0 aliphatic heterocycles. The van der Waals surface area contributed by atoms with E-state index in [1.165, 1.54) is 0 Å². The average Bonchev–Trinajstić information content (AvgIpc) is 3.86. The van der Waals surface area contributed by atoms with Crippen LogP contribution in [-0.2, 0) is 19.7 Å². The van der Waals surface area contributed by atoms with Crippen molar-refractivity contribution in [2.24, 2.45) is 0 Å². The first-order chi connectivity index (χ1) is 28.5. The van der Waals surface area contributed by atoms with E-state index in [9.17, 15) is 21.6 Å². The van der Waals surface area contributed by atoms with E-state index >= 15 is 0 Å². The Balaban J connectivity index is 0.000000209. The van der Waals surface area contributed by atoms with Crippen LogP contribution in [0.2, 0.25) is 0 Å². The van der Waals surface area contributed by atoms with Crippen LogP contribution in [0.1, 0.15) is 87.8 Å². The lowest BCUT2D eigenvalue weighted by Crippen LogP contribution is -2.18. The number of nitrogens with zero attached hydrogens (tertiary/aromatic N) is 3. The number of nitrogen functional groups attached to an aromatic ring is 1. The van der Waals surface area contributed by atoms with Crippen LogP contribution in [0.5, 0.6) is 0 Å². The summed E-state index contributed by atoms with van der Waals surface area (Å²) in [6.07, 6.45) is 6.89. The van der Waals surface area contributed by atoms with Gasteiger partial charge in [0.2, 0.25) is 0 Å². The minimum atomic E-state index is -3.03. The molecule has 0 bridgehead atoms. The molecule has 3 aromatic heterocycles. The highest BCUT2D eigenvalue weighted by molar-refractivity contribution is 7.92. The van der Waals surface area contributed by atoms with Gasteiger partial charge in [-0.05, 0) is 148 Å². The van der Waals surface area contributed by atoms with Crippen LogP contribution in [0.4, 0.5) is 11.4 Å². The molecule has 60 heavy (non-hydrogen) atoms. The molecule has 10 nitrogen and oxygen atoms in total. The minimum absolute atomic E-state index is 0.161. The summed E-state index contributed by atoms with van der Waals surface area (Å²) >= 11 is 0. The number of carbonyl (C=O) groups is 1. The first-order valence-corrected chi connectivity index (χ1v) is 23.8. The number of amides is 1. The smallest absolute Gasteiger partial charge is 0.274 e. The summed E-state index contributed by atoms with van der Waals surface area (Å²) in [6.45, 7) is 11.1. The van der Waals surface area contributed by atoms with Gasteiger partial charge in [-0.25, -0.2) is 16.8 Å². The number of aromatic nitrogens is 3. The van der Waals surface area contributed by atoms with Crippen LogP contribution in [0.3, 0.4) is 0 Å². The Kier molecular flexibility index (Phi) is 13.7. The average molecular weight is 846 g/mol. The second-order valence-electron chi connectivity index (χ2n) is 16.0. The monoisotopic (exact) mass is 845 g/mol. The van der Waals surface area contributed by atoms with Crippen molar-refractivity contribution in [3.8, 4) is 11.4 Å². The van der Waals surface area contributed by atoms with Crippen LogP contribution < -0.4 is 11.1 Å². The van der Waals surface area contributed by atoms with Gasteiger partial charge in [0.25, 0.3) is 5.91 Å². The van der Waals surface area contributed by atoms with Crippen LogP contribution in [0, 0.1) is 0 Å². The molecular weight excluding hydrogens is 791 g/mol. The molecule has 0 aliphatic rings. The van der Waals surface area contributed by atoms with Crippen molar-refractivity contribution in [2.75, 3.05) is 22.6 Å². The Labute approximate surface area is 354 Å². The lowest BCUT2D eigenvalue weighted by molar-refractivity contribution is 0.102. The zero-order chi connectivity index (χ0) is 43.2. The highest BCUT2D eigenvalue weighted by atomic mass is 32.2. The van der Waals surface area contributed by atoms with E-state index in [4.69, 9.17) is 5.73 Å². The molecule has 0 spiro atoms. The predicted octanol–water partition coefficient (Wildman–Crippen LogP) is 10.1. The van der Waals surface area contributed by atoms with Crippen molar-refractivity contribution in [1.82, 2.24) is 14.1 Å². The Morgan fingerprint density at radius 2 is 1.10 bits per heavy atom. The van der Waals surface area contributed by atoms with Gasteiger partial charge in [0.1, 0.15) is 5.69 Å². The summed E-state index contributed by atoms with van der Waals surface area (Å²) in [5.41, 5.74) is 14.2. The predicted molar refractivity (Wildman–Crippen MR) is 247 cm³/mol. The minimum Gasteiger partial charge on any atom is -0.399 e. The van der Waals surface area contributed by atoms with E-state index in [1.54, 1.807) is 52.1 Å². The molecule has 0 unspecified atom stereocenters. The Morgan fingerprint density at radius 3 is 1.57 bits per heavy atom. The molecule has 0 saturated carbocycles. The third-order valence-electron chi connectivity index (χ3n) is 11.1. The first kappa shape index (κ1) is 43.8. The highest BCUT2D eigenvalue weighted by Crippen LogP contribution is 2.28. The normalized spacial score (nSPS) is 13.0. The van der Waals surface area contributed by atoms with Crippen molar-refractivity contribution < 1.29 is 21.6 Å². The van der Waals surface area contributed by atoms with Crippen molar-refractivity contribution in [2.45, 2.75) is 76.7 Å². The van der Waals surface area contributed by atoms with E-state index in [2.05, 4.69) is 87.9 Å². The number of sulfone groups is 2. The van der Waals surface area contributed by atoms with Gasteiger partial charge in [-0.15, -0.1) is 0 Å². The number of hydrogen-bond donors (Lipinski definition) is 2. The number of hydrogen-bond acceptors (Lipinski definition) is 7. The number of nitrogens with two attached hydrogens (primary N) is 1. The highest BCUT2D eigenvalue weighted by Gasteiger charge is 2.20. The number of benzene rings is 4. The molecule has 0 radical (unpaired) electrons. The number of anilines is 2. The summed E-state index contributed by atoms with van der Waals surface area (Å²) in [5, 5.41) is 4.37. The van der Waals surface area contributed by atoms with E-state index in [1.807, 2.05) is 54.9 Å². The third kappa shape index (κ3) is 10.5. The van der Waals surface area contributed by atoms with Crippen LogP contribution in [0.15, 0.2) is 134 Å². The van der Waals surface area contributed by atoms with Gasteiger partial charge in [-0.1, -0.05) is 44.2 Å². The molecule has 3 N–H and O–H groups in total. The molecule has 7 rings (SSSR count). The summed E-state index contributed by atoms with van der Waals surface area (Å²) in [6, 6.07) is 37.6. The quantitative estimate of drug-likeness (QED) is 0.104. The lowest BCUT2D eigenvalue weighted by Gasteiger charge is -2.15. The summed E-state index contributed by atoms with van der Waals surface area (Å²) in [7, 11) is -6.02. The number of rotatable bonds is 14. The van der Waals surface area contributed by atoms with Crippen molar-refractivity contribution in [3.05, 3.63) is 151 Å². The first-order valence-electron chi connectivity index (χ1n) is 20.4. The number of carbonyl (C=O) groups excluding carboxylic acids is 1. The summed E-state index contributed by atoms with van der Waals surface area (Å²) in [5.74, 6) is 0.560.